The predicted octanol–water partition coefficient (Wildman–Crippen LogP) is 1.97. The van der Waals surface area contributed by atoms with Crippen LogP contribution in [0.15, 0.2) is 24.3 Å². The summed E-state index contributed by atoms with van der Waals surface area (Å²) in [4.78, 5) is 12.2. The van der Waals surface area contributed by atoms with Gasteiger partial charge in [-0.3, -0.25) is 9.89 Å². The molecule has 1 aliphatic rings. The van der Waals surface area contributed by atoms with E-state index in [0.717, 1.165) is 48.9 Å². The number of amides is 1. The Hall–Kier alpha value is -2.30. The Morgan fingerprint density at radius 1 is 1.24 bits per heavy atom. The number of rotatable bonds is 4. The maximum absolute atomic E-state index is 12.2. The Balaban J connectivity index is 1.57. The molecule has 5 nitrogen and oxygen atoms in total. The predicted molar refractivity (Wildman–Crippen MR) is 79.4 cm³/mol. The van der Waals surface area contributed by atoms with E-state index in [-0.39, 0.29) is 11.7 Å². The molecule has 3 rings (SSSR count). The summed E-state index contributed by atoms with van der Waals surface area (Å²) in [6.07, 6.45) is 4.95. The number of aromatic nitrogens is 2. The number of fused-ring (bicyclic) bond motifs is 1. The Kier molecular flexibility index (Phi) is 3.90. The molecular weight excluding hydrogens is 266 g/mol. The van der Waals surface area contributed by atoms with Crippen LogP contribution in [0.4, 0.5) is 0 Å². The zero-order chi connectivity index (χ0) is 14.7. The van der Waals surface area contributed by atoms with Crippen LogP contribution >= 0.6 is 0 Å². The van der Waals surface area contributed by atoms with E-state index in [1.54, 1.807) is 12.1 Å². The molecule has 0 saturated heterocycles. The first-order chi connectivity index (χ1) is 10.2. The van der Waals surface area contributed by atoms with Crippen molar-refractivity contribution in [2.24, 2.45) is 0 Å². The van der Waals surface area contributed by atoms with Gasteiger partial charge < -0.3 is 10.4 Å². The Morgan fingerprint density at radius 3 is 2.81 bits per heavy atom. The lowest BCUT2D eigenvalue weighted by Crippen LogP contribution is -2.27. The lowest BCUT2D eigenvalue weighted by atomic mass is 9.96. The minimum atomic E-state index is -0.104. The summed E-state index contributed by atoms with van der Waals surface area (Å²) < 4.78 is 0. The molecule has 110 valence electrons. The highest BCUT2D eigenvalue weighted by atomic mass is 16.3. The number of carbonyl (C=O) groups excluding carboxylic acids is 1. The number of phenols is 1. The molecule has 1 heterocycles. The number of carbonyl (C=O) groups is 1. The number of H-pyrrole nitrogens is 1. The molecule has 0 radical (unpaired) electrons. The maximum atomic E-state index is 12.2. The summed E-state index contributed by atoms with van der Waals surface area (Å²) in [5.41, 5.74) is 3.83. The smallest absolute Gasteiger partial charge is 0.272 e. The largest absolute Gasteiger partial charge is 0.508 e. The van der Waals surface area contributed by atoms with Crippen molar-refractivity contribution in [2.75, 3.05) is 6.54 Å². The lowest BCUT2D eigenvalue weighted by molar-refractivity contribution is 0.0948. The van der Waals surface area contributed by atoms with Crippen LogP contribution in [0, 0.1) is 0 Å². The van der Waals surface area contributed by atoms with Gasteiger partial charge in [-0.25, -0.2) is 0 Å². The Morgan fingerprint density at radius 2 is 2.00 bits per heavy atom. The summed E-state index contributed by atoms with van der Waals surface area (Å²) in [6, 6.07) is 7.03. The van der Waals surface area contributed by atoms with Crippen molar-refractivity contribution in [1.29, 1.82) is 0 Å². The van der Waals surface area contributed by atoms with Crippen molar-refractivity contribution in [1.82, 2.24) is 15.5 Å². The summed E-state index contributed by atoms with van der Waals surface area (Å²) in [5, 5.41) is 19.3. The normalized spacial score (nSPS) is 13.7. The van der Waals surface area contributed by atoms with Crippen LogP contribution in [-0.2, 0) is 19.3 Å². The molecule has 0 spiro atoms. The summed E-state index contributed by atoms with van der Waals surface area (Å²) in [7, 11) is 0. The molecule has 0 fully saturated rings. The van der Waals surface area contributed by atoms with Crippen LogP contribution in [0.5, 0.6) is 5.75 Å². The summed E-state index contributed by atoms with van der Waals surface area (Å²) >= 11 is 0. The van der Waals surface area contributed by atoms with Crippen molar-refractivity contribution < 1.29 is 9.90 Å². The Labute approximate surface area is 123 Å². The van der Waals surface area contributed by atoms with Gasteiger partial charge in [-0.15, -0.1) is 0 Å². The third-order valence-electron chi connectivity index (χ3n) is 3.91. The number of aryl methyl sites for hydroxylation is 1. The third-order valence-corrected chi connectivity index (χ3v) is 3.91. The SMILES string of the molecule is O=C(NCCc1ccc(O)cc1)c1n[nH]c2c1CCCC2. The van der Waals surface area contributed by atoms with Crippen molar-refractivity contribution in [2.45, 2.75) is 32.1 Å². The van der Waals surface area contributed by atoms with Gasteiger partial charge in [0.2, 0.25) is 0 Å². The minimum Gasteiger partial charge on any atom is -0.508 e. The molecule has 0 atom stereocenters. The molecule has 21 heavy (non-hydrogen) atoms. The first-order valence-corrected chi connectivity index (χ1v) is 7.36. The number of hydrogen-bond donors (Lipinski definition) is 3. The van der Waals surface area contributed by atoms with Crippen LogP contribution < -0.4 is 5.32 Å². The van der Waals surface area contributed by atoms with Gasteiger partial charge in [0.15, 0.2) is 5.69 Å². The Bertz CT molecular complexity index is 631. The molecule has 1 aromatic heterocycles. The van der Waals surface area contributed by atoms with Gasteiger partial charge in [-0.2, -0.15) is 5.10 Å². The maximum Gasteiger partial charge on any atom is 0.272 e. The number of phenolic OH excluding ortho intramolecular Hbond substituents is 1. The molecule has 1 amide bonds. The molecule has 0 bridgehead atoms. The molecule has 1 aliphatic carbocycles. The van der Waals surface area contributed by atoms with Crippen LogP contribution in [0.3, 0.4) is 0 Å². The number of aromatic hydroxyl groups is 1. The van der Waals surface area contributed by atoms with E-state index in [1.807, 2.05) is 12.1 Å². The van der Waals surface area contributed by atoms with Gasteiger partial charge in [0.25, 0.3) is 5.91 Å². The molecule has 5 heteroatoms. The van der Waals surface area contributed by atoms with Crippen LogP contribution in [-0.4, -0.2) is 27.8 Å². The van der Waals surface area contributed by atoms with Gasteiger partial charge in [0.1, 0.15) is 5.75 Å². The van der Waals surface area contributed by atoms with Gasteiger partial charge in [0, 0.05) is 17.8 Å². The average molecular weight is 285 g/mol. The topological polar surface area (TPSA) is 78.0 Å². The van der Waals surface area contributed by atoms with E-state index < -0.39 is 0 Å². The third kappa shape index (κ3) is 3.07. The van der Waals surface area contributed by atoms with E-state index in [9.17, 15) is 9.90 Å². The highest BCUT2D eigenvalue weighted by molar-refractivity contribution is 5.94. The minimum absolute atomic E-state index is 0.104. The quantitative estimate of drug-likeness (QED) is 0.803. The van der Waals surface area contributed by atoms with Crippen molar-refractivity contribution in [3.63, 3.8) is 0 Å². The molecule has 2 aromatic rings. The monoisotopic (exact) mass is 285 g/mol. The molecule has 0 aliphatic heterocycles. The first-order valence-electron chi connectivity index (χ1n) is 7.36. The highest BCUT2D eigenvalue weighted by Crippen LogP contribution is 2.21. The van der Waals surface area contributed by atoms with E-state index in [2.05, 4.69) is 15.5 Å². The number of nitrogens with zero attached hydrogens (tertiary/aromatic N) is 1. The molecule has 0 unspecified atom stereocenters. The van der Waals surface area contributed by atoms with Crippen molar-refractivity contribution in [3.8, 4) is 5.75 Å². The number of hydrogen-bond acceptors (Lipinski definition) is 3. The average Bonchev–Trinajstić information content (AvgIpc) is 2.93. The summed E-state index contributed by atoms with van der Waals surface area (Å²) in [5.74, 6) is 0.152. The van der Waals surface area contributed by atoms with E-state index >= 15 is 0 Å². The van der Waals surface area contributed by atoms with E-state index in [1.165, 1.54) is 0 Å². The fourth-order valence-electron chi connectivity index (χ4n) is 2.74. The number of nitrogens with one attached hydrogen (secondary N) is 2. The van der Waals surface area contributed by atoms with Crippen molar-refractivity contribution >= 4 is 5.91 Å². The highest BCUT2D eigenvalue weighted by Gasteiger charge is 2.21. The fourth-order valence-corrected chi connectivity index (χ4v) is 2.74. The molecular formula is C16H19N3O2. The van der Waals surface area contributed by atoms with Gasteiger partial charge in [-0.05, 0) is 49.8 Å². The second kappa shape index (κ2) is 5.99. The van der Waals surface area contributed by atoms with Gasteiger partial charge >= 0.3 is 0 Å². The van der Waals surface area contributed by atoms with Crippen molar-refractivity contribution in [3.05, 3.63) is 46.8 Å². The molecule has 3 N–H and O–H groups in total. The number of benzene rings is 1. The lowest BCUT2D eigenvalue weighted by Gasteiger charge is -2.11. The van der Waals surface area contributed by atoms with Crippen LogP contribution in [0.25, 0.3) is 0 Å². The standard InChI is InChI=1S/C16H19N3O2/c20-12-7-5-11(6-8-12)9-10-17-16(21)15-13-3-1-2-4-14(13)18-19-15/h5-8,20H,1-4,9-10H2,(H,17,21)(H,18,19). The van der Waals surface area contributed by atoms with Crippen LogP contribution in [0.2, 0.25) is 0 Å². The first kappa shape index (κ1) is 13.7. The van der Waals surface area contributed by atoms with E-state index in [4.69, 9.17) is 0 Å². The molecule has 1 aromatic carbocycles. The van der Waals surface area contributed by atoms with Gasteiger partial charge in [0.05, 0.1) is 0 Å². The summed E-state index contributed by atoms with van der Waals surface area (Å²) in [6.45, 7) is 0.561. The zero-order valence-electron chi connectivity index (χ0n) is 11.9. The zero-order valence-corrected chi connectivity index (χ0v) is 11.9. The fraction of sp³-hybridized carbons (Fsp3) is 0.375. The van der Waals surface area contributed by atoms with E-state index in [0.29, 0.717) is 12.2 Å². The second-order valence-corrected chi connectivity index (χ2v) is 5.41. The second-order valence-electron chi connectivity index (χ2n) is 5.41. The van der Waals surface area contributed by atoms with Gasteiger partial charge in [-0.1, -0.05) is 12.1 Å². The van der Waals surface area contributed by atoms with Crippen LogP contribution in [0.1, 0.15) is 40.2 Å². The number of aromatic amines is 1. The molecule has 0 saturated carbocycles.